The number of carbonyl (C=O) groups excluding carboxylic acids is 5. The summed E-state index contributed by atoms with van der Waals surface area (Å²) in [5, 5.41) is 7.82. The molecular formula is C35H41N3O8. The third-order valence-corrected chi connectivity index (χ3v) is 6.93. The Morgan fingerprint density at radius 2 is 1.11 bits per heavy atom. The zero-order valence-electron chi connectivity index (χ0n) is 26.4. The average Bonchev–Trinajstić information content (AvgIpc) is 3.05. The van der Waals surface area contributed by atoms with Gasteiger partial charge in [0.25, 0.3) is 0 Å². The first-order valence-corrected chi connectivity index (χ1v) is 15.1. The normalized spacial score (nSPS) is 12.7. The largest absolute Gasteiger partial charge is 0.445 e. The van der Waals surface area contributed by atoms with Gasteiger partial charge in [-0.25, -0.2) is 14.4 Å². The Morgan fingerprint density at radius 1 is 0.630 bits per heavy atom. The lowest BCUT2D eigenvalue weighted by atomic mass is 10.0. The van der Waals surface area contributed by atoms with E-state index in [2.05, 4.69) is 16.0 Å². The first-order valence-electron chi connectivity index (χ1n) is 15.1. The van der Waals surface area contributed by atoms with Crippen molar-refractivity contribution in [3.05, 3.63) is 102 Å². The van der Waals surface area contributed by atoms with E-state index in [0.29, 0.717) is 11.8 Å². The van der Waals surface area contributed by atoms with Gasteiger partial charge in [0.1, 0.15) is 37.3 Å². The van der Waals surface area contributed by atoms with Gasteiger partial charge in [0.05, 0.1) is 6.04 Å². The van der Waals surface area contributed by atoms with E-state index >= 15 is 0 Å². The highest BCUT2D eigenvalue weighted by atomic mass is 16.6. The molecule has 3 aromatic rings. The number of hydrogen-bond donors (Lipinski definition) is 3. The van der Waals surface area contributed by atoms with Crippen LogP contribution in [0.5, 0.6) is 5.75 Å². The van der Waals surface area contributed by atoms with Crippen molar-refractivity contribution in [1.82, 2.24) is 16.0 Å². The van der Waals surface area contributed by atoms with Crippen LogP contribution in [-0.2, 0) is 43.5 Å². The lowest BCUT2D eigenvalue weighted by molar-refractivity contribution is -0.137. The number of hydrogen-bond acceptors (Lipinski definition) is 8. The van der Waals surface area contributed by atoms with Crippen LogP contribution >= 0.6 is 0 Å². The van der Waals surface area contributed by atoms with Crippen molar-refractivity contribution in [1.29, 1.82) is 0 Å². The van der Waals surface area contributed by atoms with Gasteiger partial charge >= 0.3 is 18.2 Å². The van der Waals surface area contributed by atoms with Crippen LogP contribution in [0.2, 0.25) is 0 Å². The van der Waals surface area contributed by atoms with E-state index in [1.165, 1.54) is 0 Å². The maximum Gasteiger partial charge on any atom is 0.408 e. The van der Waals surface area contributed by atoms with Gasteiger partial charge < -0.3 is 35.0 Å². The Morgan fingerprint density at radius 3 is 1.57 bits per heavy atom. The summed E-state index contributed by atoms with van der Waals surface area (Å²) in [7, 11) is 0. The third-order valence-electron chi connectivity index (χ3n) is 6.93. The smallest absolute Gasteiger partial charge is 0.408 e. The van der Waals surface area contributed by atoms with Crippen molar-refractivity contribution in [2.45, 2.75) is 65.5 Å². The number of alkyl carbamates (subject to hydrolysis) is 2. The fraction of sp³-hybridized carbons (Fsp3) is 0.343. The molecule has 0 aliphatic carbocycles. The molecule has 3 aromatic carbocycles. The highest BCUT2D eigenvalue weighted by Crippen LogP contribution is 2.16. The first-order chi connectivity index (χ1) is 22.0. The lowest BCUT2D eigenvalue weighted by Gasteiger charge is -2.23. The van der Waals surface area contributed by atoms with Crippen LogP contribution in [0.1, 0.15) is 44.4 Å². The number of carbonyl (C=O) groups is 5. The molecule has 0 aromatic heterocycles. The second-order valence-corrected chi connectivity index (χ2v) is 11.4. The van der Waals surface area contributed by atoms with Crippen LogP contribution in [0.3, 0.4) is 0 Å². The molecule has 3 atom stereocenters. The van der Waals surface area contributed by atoms with E-state index in [1.54, 1.807) is 52.0 Å². The molecule has 0 aliphatic rings. The fourth-order valence-electron chi connectivity index (χ4n) is 4.35. The molecule has 0 fully saturated rings. The van der Waals surface area contributed by atoms with Gasteiger partial charge in [-0.2, -0.15) is 0 Å². The van der Waals surface area contributed by atoms with Gasteiger partial charge in [-0.3, -0.25) is 4.79 Å². The summed E-state index contributed by atoms with van der Waals surface area (Å²) in [5.74, 6) is -1.50. The Labute approximate surface area is 269 Å². The maximum atomic E-state index is 13.0. The van der Waals surface area contributed by atoms with Crippen molar-refractivity contribution in [3.63, 3.8) is 0 Å². The van der Waals surface area contributed by atoms with Crippen molar-refractivity contribution >= 4 is 30.3 Å². The minimum Gasteiger partial charge on any atom is -0.445 e. The van der Waals surface area contributed by atoms with E-state index in [0.717, 1.165) is 11.1 Å². The van der Waals surface area contributed by atoms with Crippen LogP contribution in [-0.4, -0.2) is 48.5 Å². The Kier molecular flexibility index (Phi) is 13.8. The highest BCUT2D eigenvalue weighted by molar-refractivity contribution is 5.88. The number of amides is 3. The second kappa shape index (κ2) is 17.9. The quantitative estimate of drug-likeness (QED) is 0.124. The second-order valence-electron chi connectivity index (χ2n) is 11.4. The average molecular weight is 632 g/mol. The van der Waals surface area contributed by atoms with Crippen LogP contribution in [0.25, 0.3) is 0 Å². The number of aldehydes is 1. The summed E-state index contributed by atoms with van der Waals surface area (Å²) in [5.41, 5.74) is 2.31. The molecule has 2 unspecified atom stereocenters. The van der Waals surface area contributed by atoms with Gasteiger partial charge in [-0.1, -0.05) is 100 Å². The minimum absolute atomic E-state index is 0.0529. The molecule has 0 saturated heterocycles. The number of esters is 1. The van der Waals surface area contributed by atoms with Gasteiger partial charge in [0.15, 0.2) is 0 Å². The highest BCUT2D eigenvalue weighted by Gasteiger charge is 2.28. The summed E-state index contributed by atoms with van der Waals surface area (Å²) < 4.78 is 16.0. The molecule has 0 saturated carbocycles. The molecular weight excluding hydrogens is 590 g/mol. The summed E-state index contributed by atoms with van der Waals surface area (Å²) in [6.45, 7) is 7.19. The number of ether oxygens (including phenoxy) is 3. The molecule has 0 heterocycles. The first kappa shape index (κ1) is 35.3. The van der Waals surface area contributed by atoms with E-state index in [-0.39, 0.29) is 37.2 Å². The van der Waals surface area contributed by atoms with Crippen LogP contribution in [0, 0.1) is 11.8 Å². The predicted molar refractivity (Wildman–Crippen MR) is 171 cm³/mol. The van der Waals surface area contributed by atoms with Crippen molar-refractivity contribution < 1.29 is 38.2 Å². The predicted octanol–water partition coefficient (Wildman–Crippen LogP) is 4.72. The molecule has 0 aliphatic heterocycles. The molecule has 3 amide bonds. The molecule has 0 bridgehead atoms. The summed E-state index contributed by atoms with van der Waals surface area (Å²) in [6.07, 6.45) is -0.705. The monoisotopic (exact) mass is 631 g/mol. The van der Waals surface area contributed by atoms with Crippen molar-refractivity contribution in [3.8, 4) is 5.75 Å². The molecule has 244 valence electrons. The molecule has 46 heavy (non-hydrogen) atoms. The van der Waals surface area contributed by atoms with Gasteiger partial charge in [0.2, 0.25) is 5.91 Å². The SMILES string of the molecule is CC(C)C(NC(=O)OCc1ccccc1)C(=O)Oc1ccc(CC(C=O)NC(=O)[C@@H](NC(=O)OCc2ccccc2)C(C)C)cc1. The zero-order chi connectivity index (χ0) is 33.5. The van der Waals surface area contributed by atoms with Crippen molar-refractivity contribution in [2.24, 2.45) is 11.8 Å². The molecule has 0 spiro atoms. The van der Waals surface area contributed by atoms with Crippen LogP contribution < -0.4 is 20.7 Å². The molecule has 11 heteroatoms. The van der Waals surface area contributed by atoms with E-state index in [4.69, 9.17) is 14.2 Å². The van der Waals surface area contributed by atoms with E-state index in [9.17, 15) is 24.0 Å². The summed E-state index contributed by atoms with van der Waals surface area (Å²) in [4.78, 5) is 62.4. The summed E-state index contributed by atoms with van der Waals surface area (Å²) >= 11 is 0. The molecule has 3 rings (SSSR count). The van der Waals surface area contributed by atoms with E-state index < -0.39 is 42.2 Å². The molecule has 3 N–H and O–H groups in total. The minimum atomic E-state index is -0.948. The molecule has 11 nitrogen and oxygen atoms in total. The van der Waals surface area contributed by atoms with Gasteiger partial charge in [-0.05, 0) is 47.1 Å². The van der Waals surface area contributed by atoms with Crippen molar-refractivity contribution in [2.75, 3.05) is 0 Å². The number of benzene rings is 3. The van der Waals surface area contributed by atoms with Crippen LogP contribution in [0.4, 0.5) is 9.59 Å². The fourth-order valence-corrected chi connectivity index (χ4v) is 4.35. The third kappa shape index (κ3) is 11.7. The standard InChI is InChI=1S/C35H41N3O8/c1-23(2)30(37-34(42)44-21-26-11-7-5-8-12-26)32(40)36-28(20-39)19-25-15-17-29(18-16-25)46-33(41)31(24(3)4)38-35(43)45-22-27-13-9-6-10-14-27/h5-18,20,23-24,28,30-31H,19,21-22H2,1-4H3,(H,36,40)(H,37,42)(H,38,43)/t28?,30-,31?/m0/s1. The lowest BCUT2D eigenvalue weighted by Crippen LogP contribution is -2.52. The Balaban J connectivity index is 1.51. The maximum absolute atomic E-state index is 13.0. The number of rotatable bonds is 15. The Hall–Kier alpha value is -5.19. The van der Waals surface area contributed by atoms with Crippen LogP contribution in [0.15, 0.2) is 84.9 Å². The topological polar surface area (TPSA) is 149 Å². The van der Waals surface area contributed by atoms with E-state index in [1.807, 2.05) is 60.7 Å². The Bertz CT molecular complexity index is 1430. The molecule has 0 radical (unpaired) electrons. The van der Waals surface area contributed by atoms with Gasteiger partial charge in [-0.15, -0.1) is 0 Å². The zero-order valence-corrected chi connectivity index (χ0v) is 26.4. The summed E-state index contributed by atoms with van der Waals surface area (Å²) in [6, 6.07) is 22.0. The number of nitrogens with one attached hydrogen (secondary N) is 3. The van der Waals surface area contributed by atoms with Gasteiger partial charge in [0, 0.05) is 0 Å².